The molecule has 0 aliphatic rings. The predicted octanol–water partition coefficient (Wildman–Crippen LogP) is 0.146. The maximum Gasteiger partial charge on any atom is 0.160 e. The molecule has 0 saturated carbocycles. The minimum atomic E-state index is -3.16. The molecule has 0 atom stereocenters. The van der Waals surface area contributed by atoms with Crippen molar-refractivity contribution in [2.75, 3.05) is 6.26 Å². The molecule has 0 fully saturated rings. The van der Waals surface area contributed by atoms with Gasteiger partial charge in [-0.3, -0.25) is 4.40 Å². The summed E-state index contributed by atoms with van der Waals surface area (Å²) in [6.45, 7) is 0. The number of sulfone groups is 1. The molecule has 16 heavy (non-hydrogen) atoms. The molecule has 6 nitrogen and oxygen atoms in total. The summed E-state index contributed by atoms with van der Waals surface area (Å²) in [6, 6.07) is 5.20. The molecule has 7 heteroatoms. The Balaban J connectivity index is 2.59. The van der Waals surface area contributed by atoms with Crippen molar-refractivity contribution >= 4 is 15.5 Å². The van der Waals surface area contributed by atoms with Crippen LogP contribution in [0.5, 0.6) is 0 Å². The van der Waals surface area contributed by atoms with Gasteiger partial charge in [0.1, 0.15) is 11.8 Å². The van der Waals surface area contributed by atoms with Gasteiger partial charge in [-0.1, -0.05) is 0 Å². The van der Waals surface area contributed by atoms with Crippen LogP contribution in [0.2, 0.25) is 0 Å². The lowest BCUT2D eigenvalue weighted by molar-refractivity contribution is 0.599. The van der Waals surface area contributed by atoms with Gasteiger partial charge >= 0.3 is 0 Å². The predicted molar refractivity (Wildman–Crippen MR) is 56.2 cm³/mol. The Kier molecular flexibility index (Phi) is 2.36. The van der Waals surface area contributed by atoms with Crippen molar-refractivity contribution in [3.05, 3.63) is 29.7 Å². The molecule has 0 unspecified atom stereocenters. The Morgan fingerprint density at radius 3 is 2.81 bits per heavy atom. The van der Waals surface area contributed by atoms with E-state index < -0.39 is 9.84 Å². The Morgan fingerprint density at radius 2 is 2.19 bits per heavy atom. The van der Waals surface area contributed by atoms with Crippen LogP contribution in [0.15, 0.2) is 18.3 Å². The molecule has 0 aliphatic heterocycles. The van der Waals surface area contributed by atoms with Gasteiger partial charge in [-0.05, 0) is 12.1 Å². The second-order valence-electron chi connectivity index (χ2n) is 3.44. The van der Waals surface area contributed by atoms with Crippen LogP contribution < -0.4 is 0 Å². The summed E-state index contributed by atoms with van der Waals surface area (Å²) in [5, 5.41) is 16.3. The van der Waals surface area contributed by atoms with Gasteiger partial charge in [0.05, 0.1) is 5.56 Å². The summed E-state index contributed by atoms with van der Waals surface area (Å²) in [5.41, 5.74) is 0.958. The topological polar surface area (TPSA) is 88.1 Å². The molecule has 0 radical (unpaired) electrons. The van der Waals surface area contributed by atoms with Crippen LogP contribution in [-0.2, 0) is 15.6 Å². The molecule has 0 amide bonds. The van der Waals surface area contributed by atoms with Crippen LogP contribution in [0, 0.1) is 11.3 Å². The van der Waals surface area contributed by atoms with E-state index in [-0.39, 0.29) is 5.75 Å². The normalized spacial score (nSPS) is 11.5. The number of fused-ring (bicyclic) bond motifs is 1. The van der Waals surface area contributed by atoms with Gasteiger partial charge < -0.3 is 0 Å². The Bertz CT molecular complexity index is 681. The number of hydrogen-bond acceptors (Lipinski definition) is 5. The summed E-state index contributed by atoms with van der Waals surface area (Å²) in [4.78, 5) is 0. The number of pyridine rings is 1. The third-order valence-corrected chi connectivity index (χ3v) is 2.78. The van der Waals surface area contributed by atoms with Gasteiger partial charge in [0.25, 0.3) is 0 Å². The standard InChI is InChI=1S/C9H8N4O2S/c1-16(14,15)6-9-12-11-8-3-2-7(4-10)5-13(8)9/h2-3,5H,6H2,1H3. The van der Waals surface area contributed by atoms with Crippen LogP contribution in [0.25, 0.3) is 5.65 Å². The molecular weight excluding hydrogens is 228 g/mol. The maximum absolute atomic E-state index is 11.2. The SMILES string of the molecule is CS(=O)(=O)Cc1nnc2ccc(C#N)cn12. The fourth-order valence-corrected chi connectivity index (χ4v) is 2.00. The van der Waals surface area contributed by atoms with Crippen molar-refractivity contribution < 1.29 is 8.42 Å². The van der Waals surface area contributed by atoms with E-state index >= 15 is 0 Å². The van der Waals surface area contributed by atoms with Crippen molar-refractivity contribution in [2.45, 2.75) is 5.75 Å². The highest BCUT2D eigenvalue weighted by molar-refractivity contribution is 7.89. The van der Waals surface area contributed by atoms with Gasteiger partial charge in [0, 0.05) is 12.5 Å². The third-order valence-electron chi connectivity index (χ3n) is 1.99. The van der Waals surface area contributed by atoms with E-state index in [9.17, 15) is 8.42 Å². The monoisotopic (exact) mass is 236 g/mol. The number of rotatable bonds is 2. The van der Waals surface area contributed by atoms with Crippen LogP contribution in [0.4, 0.5) is 0 Å². The first-order valence-electron chi connectivity index (χ1n) is 4.41. The summed E-state index contributed by atoms with van der Waals surface area (Å²) >= 11 is 0. The van der Waals surface area contributed by atoms with E-state index in [0.29, 0.717) is 17.0 Å². The van der Waals surface area contributed by atoms with Crippen LogP contribution in [0.3, 0.4) is 0 Å². The van der Waals surface area contributed by atoms with Gasteiger partial charge in [0.2, 0.25) is 0 Å². The van der Waals surface area contributed by atoms with E-state index in [4.69, 9.17) is 5.26 Å². The maximum atomic E-state index is 11.2. The minimum absolute atomic E-state index is 0.191. The Morgan fingerprint density at radius 1 is 1.44 bits per heavy atom. The zero-order valence-corrected chi connectivity index (χ0v) is 9.27. The molecule has 2 heterocycles. The van der Waals surface area contributed by atoms with E-state index in [1.54, 1.807) is 12.1 Å². The van der Waals surface area contributed by atoms with Crippen molar-refractivity contribution in [3.8, 4) is 6.07 Å². The lowest BCUT2D eigenvalue weighted by atomic mass is 10.3. The fraction of sp³-hybridized carbons (Fsp3) is 0.222. The van der Waals surface area contributed by atoms with Crippen LogP contribution in [-0.4, -0.2) is 29.3 Å². The fourth-order valence-electron chi connectivity index (χ4n) is 1.34. The van der Waals surface area contributed by atoms with E-state index in [0.717, 1.165) is 6.26 Å². The molecule has 0 bridgehead atoms. The second kappa shape index (κ2) is 3.57. The number of nitrogens with zero attached hydrogens (tertiary/aromatic N) is 4. The summed E-state index contributed by atoms with van der Waals surface area (Å²) in [7, 11) is -3.16. The van der Waals surface area contributed by atoms with Gasteiger partial charge in [0.15, 0.2) is 21.3 Å². The highest BCUT2D eigenvalue weighted by Gasteiger charge is 2.11. The van der Waals surface area contributed by atoms with E-state index in [1.807, 2.05) is 6.07 Å². The highest BCUT2D eigenvalue weighted by Crippen LogP contribution is 2.08. The molecule has 0 aliphatic carbocycles. The number of hydrogen-bond donors (Lipinski definition) is 0. The first-order chi connectivity index (χ1) is 7.49. The van der Waals surface area contributed by atoms with Crippen molar-refractivity contribution in [2.24, 2.45) is 0 Å². The molecular formula is C9H8N4O2S. The number of aromatic nitrogens is 3. The molecule has 2 rings (SSSR count). The second-order valence-corrected chi connectivity index (χ2v) is 5.58. The minimum Gasteiger partial charge on any atom is -0.284 e. The van der Waals surface area contributed by atoms with Gasteiger partial charge in [-0.15, -0.1) is 10.2 Å². The average molecular weight is 236 g/mol. The molecule has 0 spiro atoms. The van der Waals surface area contributed by atoms with Crippen molar-refractivity contribution in [3.63, 3.8) is 0 Å². The smallest absolute Gasteiger partial charge is 0.160 e. The lowest BCUT2D eigenvalue weighted by Crippen LogP contribution is -2.05. The third kappa shape index (κ3) is 2.01. The summed E-state index contributed by atoms with van der Waals surface area (Å²) in [5.74, 6) is 0.123. The summed E-state index contributed by atoms with van der Waals surface area (Å²) < 4.78 is 23.8. The van der Waals surface area contributed by atoms with Crippen molar-refractivity contribution in [1.29, 1.82) is 5.26 Å². The Hall–Kier alpha value is -1.94. The molecule has 0 aromatic carbocycles. The molecule has 2 aromatic rings. The van der Waals surface area contributed by atoms with Crippen molar-refractivity contribution in [1.82, 2.24) is 14.6 Å². The quantitative estimate of drug-likeness (QED) is 0.740. The first kappa shape index (κ1) is 10.6. The molecule has 0 saturated heterocycles. The zero-order chi connectivity index (χ0) is 11.8. The highest BCUT2D eigenvalue weighted by atomic mass is 32.2. The number of nitriles is 1. The molecule has 0 N–H and O–H groups in total. The molecule has 2 aromatic heterocycles. The summed E-state index contributed by atoms with van der Waals surface area (Å²) in [6.07, 6.45) is 2.65. The Labute approximate surface area is 92.1 Å². The average Bonchev–Trinajstić information content (AvgIpc) is 2.58. The van der Waals surface area contributed by atoms with E-state index in [1.165, 1.54) is 10.6 Å². The van der Waals surface area contributed by atoms with Gasteiger partial charge in [-0.25, -0.2) is 8.42 Å². The lowest BCUT2D eigenvalue weighted by Gasteiger charge is -1.98. The van der Waals surface area contributed by atoms with E-state index in [2.05, 4.69) is 10.2 Å². The first-order valence-corrected chi connectivity index (χ1v) is 6.47. The van der Waals surface area contributed by atoms with Crippen LogP contribution in [0.1, 0.15) is 11.4 Å². The van der Waals surface area contributed by atoms with Gasteiger partial charge in [-0.2, -0.15) is 5.26 Å². The molecule has 82 valence electrons. The van der Waals surface area contributed by atoms with Crippen LogP contribution >= 0.6 is 0 Å². The largest absolute Gasteiger partial charge is 0.284 e. The zero-order valence-electron chi connectivity index (χ0n) is 8.45.